The quantitative estimate of drug-likeness (QED) is 0.512. The summed E-state index contributed by atoms with van der Waals surface area (Å²) in [6.07, 6.45) is 2.04. The Morgan fingerprint density at radius 2 is 1.77 bits per heavy atom. The van der Waals surface area contributed by atoms with Crippen LogP contribution in [0.4, 0.5) is 10.7 Å². The van der Waals surface area contributed by atoms with E-state index < -0.39 is 35.9 Å². The molecule has 0 atom stereocenters. The van der Waals surface area contributed by atoms with Gasteiger partial charge in [-0.15, -0.1) is 0 Å². The number of amides is 2. The lowest BCUT2D eigenvalue weighted by Crippen LogP contribution is -2.36. The summed E-state index contributed by atoms with van der Waals surface area (Å²) in [7, 11) is -6.07. The van der Waals surface area contributed by atoms with Crippen LogP contribution in [0.15, 0.2) is 34.4 Å². The van der Waals surface area contributed by atoms with E-state index >= 15 is 0 Å². The van der Waals surface area contributed by atoms with Crippen molar-refractivity contribution in [3.63, 3.8) is 0 Å². The van der Waals surface area contributed by atoms with Crippen LogP contribution in [0.5, 0.6) is 11.6 Å². The van der Waals surface area contributed by atoms with E-state index in [2.05, 4.69) is 20.3 Å². The Labute approximate surface area is 177 Å². The van der Waals surface area contributed by atoms with Gasteiger partial charge in [0.15, 0.2) is 19.9 Å². The Morgan fingerprint density at radius 1 is 1.06 bits per heavy atom. The topological polar surface area (TPSA) is 171 Å². The third kappa shape index (κ3) is 4.66. The van der Waals surface area contributed by atoms with E-state index in [1.807, 2.05) is 0 Å². The molecule has 3 heterocycles. The van der Waals surface area contributed by atoms with Crippen molar-refractivity contribution in [2.75, 3.05) is 25.8 Å². The molecule has 166 valence electrons. The molecule has 0 fully saturated rings. The number of methoxy groups -OCH3 is 2. The largest absolute Gasteiger partial charge is 0.495 e. The number of nitrogens with zero attached hydrogens (tertiary/aromatic N) is 4. The Balaban J connectivity index is 2.03. The Kier molecular flexibility index (Phi) is 5.73. The molecule has 31 heavy (non-hydrogen) atoms. The van der Waals surface area contributed by atoms with Crippen molar-refractivity contribution >= 4 is 37.5 Å². The second-order valence-electron chi connectivity index (χ2n) is 6.23. The zero-order valence-electron chi connectivity index (χ0n) is 16.8. The smallest absolute Gasteiger partial charge is 0.335 e. The third-order valence-corrected chi connectivity index (χ3v) is 6.32. The maximum Gasteiger partial charge on any atom is 0.335 e. The van der Waals surface area contributed by atoms with E-state index in [1.54, 1.807) is 11.6 Å². The van der Waals surface area contributed by atoms with Gasteiger partial charge < -0.3 is 9.47 Å². The highest BCUT2D eigenvalue weighted by molar-refractivity contribution is 7.93. The molecular formula is C16H18N6O7S2. The third-order valence-electron chi connectivity index (χ3n) is 3.85. The predicted molar refractivity (Wildman–Crippen MR) is 108 cm³/mol. The number of aromatic nitrogens is 4. The number of ether oxygens (including phenoxy) is 2. The number of carbonyl (C=O) groups is 1. The van der Waals surface area contributed by atoms with Gasteiger partial charge in [-0.2, -0.15) is 13.4 Å². The average Bonchev–Trinajstić information content (AvgIpc) is 3.06. The number of rotatable bonds is 6. The van der Waals surface area contributed by atoms with Crippen molar-refractivity contribution in [1.82, 2.24) is 24.1 Å². The van der Waals surface area contributed by atoms with Gasteiger partial charge in [-0.1, -0.05) is 0 Å². The van der Waals surface area contributed by atoms with Crippen molar-refractivity contribution < 1.29 is 31.1 Å². The lowest BCUT2D eigenvalue weighted by atomic mass is 10.4. The molecule has 13 nitrogen and oxygen atoms in total. The van der Waals surface area contributed by atoms with Gasteiger partial charge in [0.2, 0.25) is 11.8 Å². The molecular weight excluding hydrogens is 452 g/mol. The first kappa shape index (κ1) is 22.2. The molecule has 0 aliphatic rings. The van der Waals surface area contributed by atoms with Gasteiger partial charge in [0, 0.05) is 18.0 Å². The summed E-state index contributed by atoms with van der Waals surface area (Å²) in [4.78, 5) is 24.0. The van der Waals surface area contributed by atoms with Crippen molar-refractivity contribution in [2.24, 2.45) is 0 Å². The fourth-order valence-electron chi connectivity index (χ4n) is 2.59. The van der Waals surface area contributed by atoms with Crippen molar-refractivity contribution in [3.05, 3.63) is 30.1 Å². The van der Waals surface area contributed by atoms with Crippen molar-refractivity contribution in [3.8, 4) is 11.6 Å². The highest BCUT2D eigenvalue weighted by Crippen LogP contribution is 2.25. The molecule has 0 bridgehead atoms. The number of sulfone groups is 1. The van der Waals surface area contributed by atoms with Gasteiger partial charge in [0.05, 0.1) is 20.4 Å². The van der Waals surface area contributed by atoms with Gasteiger partial charge in [0.1, 0.15) is 11.4 Å². The van der Waals surface area contributed by atoms with E-state index in [-0.39, 0.29) is 23.2 Å². The number of pyridine rings is 1. The molecule has 3 aromatic rings. The van der Waals surface area contributed by atoms with E-state index in [0.717, 1.165) is 10.7 Å². The zero-order chi connectivity index (χ0) is 23.0. The van der Waals surface area contributed by atoms with Crippen LogP contribution >= 0.6 is 0 Å². The first-order valence-electron chi connectivity index (χ1n) is 8.44. The van der Waals surface area contributed by atoms with Gasteiger partial charge in [0.25, 0.3) is 10.0 Å². The monoisotopic (exact) mass is 470 g/mol. The molecule has 3 rings (SSSR count). The predicted octanol–water partition coefficient (Wildman–Crippen LogP) is 0.364. The lowest BCUT2D eigenvalue weighted by molar-refractivity contribution is 0.256. The zero-order valence-corrected chi connectivity index (χ0v) is 18.4. The summed E-state index contributed by atoms with van der Waals surface area (Å²) in [5.74, 6) is 0.178. The first-order valence-corrected chi connectivity index (χ1v) is 11.8. The summed E-state index contributed by atoms with van der Waals surface area (Å²) >= 11 is 0. The minimum atomic E-state index is -4.71. The number of carbonyl (C=O) groups excluding carboxylic acids is 1. The molecule has 0 saturated carbocycles. The number of aryl methyl sites for hydroxylation is 1. The molecule has 0 aliphatic heterocycles. The summed E-state index contributed by atoms with van der Waals surface area (Å²) < 4.78 is 63.0. The molecule has 3 aromatic heterocycles. The minimum absolute atomic E-state index is 0.0220. The fraction of sp³-hybridized carbons (Fsp3) is 0.250. The average molecular weight is 470 g/mol. The van der Waals surface area contributed by atoms with E-state index in [0.29, 0.717) is 5.69 Å². The molecule has 0 spiro atoms. The van der Waals surface area contributed by atoms with E-state index in [4.69, 9.17) is 9.47 Å². The van der Waals surface area contributed by atoms with Crippen molar-refractivity contribution in [1.29, 1.82) is 0 Å². The number of hydrogen-bond donors (Lipinski definition) is 2. The molecule has 0 aliphatic carbocycles. The van der Waals surface area contributed by atoms with Crippen LogP contribution in [0.2, 0.25) is 0 Å². The number of imidazole rings is 1. The molecule has 0 saturated heterocycles. The number of urea groups is 1. The summed E-state index contributed by atoms with van der Waals surface area (Å²) in [5, 5.41) is 0.693. The van der Waals surface area contributed by atoms with Gasteiger partial charge in [-0.25, -0.2) is 27.9 Å². The molecule has 15 heteroatoms. The van der Waals surface area contributed by atoms with Crippen molar-refractivity contribution in [2.45, 2.75) is 17.0 Å². The molecule has 2 amide bonds. The molecule has 0 radical (unpaired) electrons. The minimum Gasteiger partial charge on any atom is -0.495 e. The van der Waals surface area contributed by atoms with Crippen LogP contribution in [-0.4, -0.2) is 62.7 Å². The Bertz CT molecular complexity index is 1380. The van der Waals surface area contributed by atoms with Gasteiger partial charge in [-0.3, -0.25) is 9.72 Å². The fourth-order valence-corrected chi connectivity index (χ4v) is 5.12. The summed E-state index contributed by atoms with van der Waals surface area (Å²) in [6, 6.07) is 3.14. The number of sulfonamides is 1. The number of fused-ring (bicyclic) bond motifs is 1. The van der Waals surface area contributed by atoms with Crippen LogP contribution in [-0.2, 0) is 19.9 Å². The van der Waals surface area contributed by atoms with Crippen LogP contribution in [0.3, 0.4) is 0 Å². The first-order chi connectivity index (χ1) is 14.4. The molecule has 2 N–H and O–H groups in total. The normalized spacial score (nSPS) is 11.9. The lowest BCUT2D eigenvalue weighted by Gasteiger charge is -2.10. The van der Waals surface area contributed by atoms with Gasteiger partial charge in [-0.05, 0) is 19.1 Å². The summed E-state index contributed by atoms with van der Waals surface area (Å²) in [6.45, 7) is 1.62. The number of anilines is 1. The van der Waals surface area contributed by atoms with Crippen LogP contribution in [0.1, 0.15) is 5.69 Å². The SMILES string of the molecule is COc1ccc2nc(S(C)(=O)=O)c(S(=O)(=O)NC(=O)Nc3nc(C)cc(OC)n3)n2c1. The highest BCUT2D eigenvalue weighted by atomic mass is 32.2. The van der Waals surface area contributed by atoms with E-state index in [9.17, 15) is 21.6 Å². The Hall–Kier alpha value is -3.46. The summed E-state index contributed by atoms with van der Waals surface area (Å²) in [5.41, 5.74) is 0.479. The standard InChI is InChI=1S/C16H18N6O7S2/c1-9-7-12(29-3)19-15(17-9)20-16(23)21-31(26,27)14-13(30(4,24)25)18-11-6-5-10(28-2)8-22(11)14/h5-8H,1-4H3,(H2,17,19,20,21,23). The maximum absolute atomic E-state index is 13.0. The second kappa shape index (κ2) is 7.99. The second-order valence-corrected chi connectivity index (χ2v) is 9.76. The van der Waals surface area contributed by atoms with Crippen LogP contribution < -0.4 is 19.5 Å². The Morgan fingerprint density at radius 3 is 2.39 bits per heavy atom. The van der Waals surface area contributed by atoms with Crippen LogP contribution in [0, 0.1) is 6.92 Å². The number of hydrogen-bond acceptors (Lipinski definition) is 10. The molecule has 0 aromatic carbocycles. The van der Waals surface area contributed by atoms with Gasteiger partial charge >= 0.3 is 6.03 Å². The van der Waals surface area contributed by atoms with Crippen LogP contribution in [0.25, 0.3) is 5.65 Å². The molecule has 0 unspecified atom stereocenters. The maximum atomic E-state index is 13.0. The number of nitrogens with one attached hydrogen (secondary N) is 2. The highest BCUT2D eigenvalue weighted by Gasteiger charge is 2.32. The van der Waals surface area contributed by atoms with E-state index in [1.165, 1.54) is 38.6 Å².